The van der Waals surface area contributed by atoms with Gasteiger partial charge in [0.25, 0.3) is 5.89 Å². The predicted octanol–water partition coefficient (Wildman–Crippen LogP) is 4.21. The second-order valence-electron chi connectivity index (χ2n) is 6.12. The van der Waals surface area contributed by atoms with Crippen LogP contribution in [-0.2, 0) is 20.9 Å². The molecule has 0 saturated carbocycles. The molecule has 1 amide bonds. The summed E-state index contributed by atoms with van der Waals surface area (Å²) in [6, 6.07) is 12.1. The number of esters is 1. The SMILES string of the molecule is O=C(CC1C(=O)Nc2ccccc21)OCc1nnc(-c2ccc(Cl)cc2Cl)o1. The fraction of sp³-hybridized carbons (Fsp3) is 0.158. The summed E-state index contributed by atoms with van der Waals surface area (Å²) in [7, 11) is 0. The van der Waals surface area contributed by atoms with Gasteiger partial charge in [-0.25, -0.2) is 0 Å². The predicted molar refractivity (Wildman–Crippen MR) is 102 cm³/mol. The Morgan fingerprint density at radius 2 is 2.00 bits per heavy atom. The van der Waals surface area contributed by atoms with E-state index in [2.05, 4.69) is 15.5 Å². The summed E-state index contributed by atoms with van der Waals surface area (Å²) < 4.78 is 10.7. The molecule has 0 spiro atoms. The first-order valence-corrected chi connectivity index (χ1v) is 9.10. The zero-order chi connectivity index (χ0) is 19.7. The van der Waals surface area contributed by atoms with Gasteiger partial charge in [0.15, 0.2) is 6.61 Å². The molecule has 1 unspecified atom stereocenters. The molecule has 0 saturated heterocycles. The van der Waals surface area contributed by atoms with E-state index in [0.717, 1.165) is 5.56 Å². The second kappa shape index (κ2) is 7.61. The minimum Gasteiger partial charge on any atom is -0.456 e. The average Bonchev–Trinajstić information content (AvgIpc) is 3.25. The van der Waals surface area contributed by atoms with Crippen molar-refractivity contribution in [3.8, 4) is 11.5 Å². The number of halogens is 2. The van der Waals surface area contributed by atoms with Gasteiger partial charge in [-0.05, 0) is 29.8 Å². The molecule has 9 heteroatoms. The van der Waals surface area contributed by atoms with Crippen molar-refractivity contribution >= 4 is 40.8 Å². The van der Waals surface area contributed by atoms with E-state index in [9.17, 15) is 9.59 Å². The van der Waals surface area contributed by atoms with Crippen molar-refractivity contribution in [3.63, 3.8) is 0 Å². The highest BCUT2D eigenvalue weighted by Gasteiger charge is 2.32. The third-order valence-corrected chi connectivity index (χ3v) is 4.81. The molecule has 142 valence electrons. The summed E-state index contributed by atoms with van der Waals surface area (Å²) in [6.07, 6.45) is -0.0765. The maximum Gasteiger partial charge on any atom is 0.307 e. The third-order valence-electron chi connectivity index (χ3n) is 4.27. The van der Waals surface area contributed by atoms with Gasteiger partial charge >= 0.3 is 5.97 Å². The molecule has 2 aromatic carbocycles. The number of hydrogen-bond acceptors (Lipinski definition) is 6. The lowest BCUT2D eigenvalue weighted by Gasteiger charge is -2.07. The molecular formula is C19H13Cl2N3O4. The number of carbonyl (C=O) groups excluding carboxylic acids is 2. The standard InChI is InChI=1S/C19H13Cl2N3O4/c20-10-5-6-12(14(21)7-10)19-24-23-16(28-19)9-27-17(25)8-13-11-3-1-2-4-15(11)22-18(13)26/h1-7,13H,8-9H2,(H,22,26). The minimum absolute atomic E-state index is 0.0765. The van der Waals surface area contributed by atoms with Gasteiger partial charge < -0.3 is 14.5 Å². The van der Waals surface area contributed by atoms with E-state index in [4.69, 9.17) is 32.4 Å². The molecule has 7 nitrogen and oxygen atoms in total. The molecule has 1 aliphatic rings. The summed E-state index contributed by atoms with van der Waals surface area (Å²) in [5.41, 5.74) is 2.02. The first-order chi connectivity index (χ1) is 13.5. The summed E-state index contributed by atoms with van der Waals surface area (Å²) in [5.74, 6) is -1.03. The lowest BCUT2D eigenvalue weighted by molar-refractivity contribution is -0.147. The van der Waals surface area contributed by atoms with E-state index in [0.29, 0.717) is 21.3 Å². The zero-order valence-electron chi connectivity index (χ0n) is 14.3. The first-order valence-electron chi connectivity index (χ1n) is 8.34. The maximum absolute atomic E-state index is 12.2. The van der Waals surface area contributed by atoms with Crippen molar-refractivity contribution in [2.24, 2.45) is 0 Å². The highest BCUT2D eigenvalue weighted by Crippen LogP contribution is 2.34. The number of carbonyl (C=O) groups is 2. The van der Waals surface area contributed by atoms with Crippen molar-refractivity contribution in [1.82, 2.24) is 10.2 Å². The van der Waals surface area contributed by atoms with Gasteiger partial charge in [0.2, 0.25) is 11.8 Å². The van der Waals surface area contributed by atoms with Gasteiger partial charge in [0.05, 0.1) is 22.9 Å². The monoisotopic (exact) mass is 417 g/mol. The van der Waals surface area contributed by atoms with Gasteiger partial charge in [-0.1, -0.05) is 41.4 Å². The number of nitrogens with one attached hydrogen (secondary N) is 1. The number of amides is 1. The van der Waals surface area contributed by atoms with Gasteiger partial charge in [-0.2, -0.15) is 0 Å². The van der Waals surface area contributed by atoms with Gasteiger partial charge in [-0.15, -0.1) is 10.2 Å². The smallest absolute Gasteiger partial charge is 0.307 e. The minimum atomic E-state index is -0.574. The van der Waals surface area contributed by atoms with E-state index < -0.39 is 11.9 Å². The number of nitrogens with zero attached hydrogens (tertiary/aromatic N) is 2. The number of fused-ring (bicyclic) bond motifs is 1. The molecule has 4 rings (SSSR count). The average molecular weight is 418 g/mol. The van der Waals surface area contributed by atoms with Crippen LogP contribution in [0.3, 0.4) is 0 Å². The summed E-state index contributed by atoms with van der Waals surface area (Å²) in [6.45, 7) is -0.201. The Morgan fingerprint density at radius 3 is 2.82 bits per heavy atom. The van der Waals surface area contributed by atoms with Crippen molar-refractivity contribution in [1.29, 1.82) is 0 Å². The van der Waals surface area contributed by atoms with Crippen molar-refractivity contribution in [3.05, 3.63) is 64.0 Å². The molecule has 2 heterocycles. The Balaban J connectivity index is 1.38. The molecule has 0 bridgehead atoms. The number of benzene rings is 2. The molecule has 1 N–H and O–H groups in total. The molecule has 3 aromatic rings. The van der Waals surface area contributed by atoms with Crippen LogP contribution >= 0.6 is 23.2 Å². The fourth-order valence-corrected chi connectivity index (χ4v) is 3.42. The summed E-state index contributed by atoms with van der Waals surface area (Å²) in [4.78, 5) is 24.2. The van der Waals surface area contributed by atoms with Crippen LogP contribution < -0.4 is 5.32 Å². The van der Waals surface area contributed by atoms with Crippen LogP contribution in [0.2, 0.25) is 10.0 Å². The van der Waals surface area contributed by atoms with Crippen molar-refractivity contribution in [2.75, 3.05) is 5.32 Å². The quantitative estimate of drug-likeness (QED) is 0.624. The van der Waals surface area contributed by atoms with E-state index in [1.807, 2.05) is 18.2 Å². The van der Waals surface area contributed by atoms with Crippen LogP contribution in [0.4, 0.5) is 5.69 Å². The zero-order valence-corrected chi connectivity index (χ0v) is 15.8. The number of rotatable bonds is 5. The topological polar surface area (TPSA) is 94.3 Å². The number of anilines is 1. The summed E-state index contributed by atoms with van der Waals surface area (Å²) in [5, 5.41) is 11.3. The highest BCUT2D eigenvalue weighted by molar-refractivity contribution is 6.36. The Kier molecular flexibility index (Phi) is 5.02. The van der Waals surface area contributed by atoms with Crippen LogP contribution in [0.15, 0.2) is 46.9 Å². The molecule has 0 radical (unpaired) electrons. The highest BCUT2D eigenvalue weighted by atomic mass is 35.5. The molecule has 1 aliphatic heterocycles. The summed E-state index contributed by atoms with van der Waals surface area (Å²) >= 11 is 12.0. The van der Waals surface area contributed by atoms with E-state index in [1.165, 1.54) is 0 Å². The molecule has 28 heavy (non-hydrogen) atoms. The molecule has 1 atom stereocenters. The van der Waals surface area contributed by atoms with E-state index in [-0.39, 0.29) is 30.7 Å². The van der Waals surface area contributed by atoms with Crippen molar-refractivity contribution < 1.29 is 18.7 Å². The Bertz CT molecular complexity index is 1070. The Morgan fingerprint density at radius 1 is 1.18 bits per heavy atom. The van der Waals surface area contributed by atoms with Crippen LogP contribution in [0.25, 0.3) is 11.5 Å². The largest absolute Gasteiger partial charge is 0.456 e. The molecule has 1 aromatic heterocycles. The van der Waals surface area contributed by atoms with E-state index >= 15 is 0 Å². The van der Waals surface area contributed by atoms with Gasteiger partial charge in [0.1, 0.15) is 0 Å². The number of ether oxygens (including phenoxy) is 1. The van der Waals surface area contributed by atoms with Crippen LogP contribution in [0.5, 0.6) is 0 Å². The normalized spacial score (nSPS) is 15.2. The molecular weight excluding hydrogens is 405 g/mol. The van der Waals surface area contributed by atoms with Crippen LogP contribution in [0, 0.1) is 0 Å². The molecule has 0 aliphatic carbocycles. The van der Waals surface area contributed by atoms with Gasteiger partial charge in [-0.3, -0.25) is 9.59 Å². The first kappa shape index (κ1) is 18.5. The fourth-order valence-electron chi connectivity index (χ4n) is 2.93. The van der Waals surface area contributed by atoms with Crippen LogP contribution in [-0.4, -0.2) is 22.1 Å². The second-order valence-corrected chi connectivity index (χ2v) is 6.96. The number of hydrogen-bond donors (Lipinski definition) is 1. The van der Waals surface area contributed by atoms with E-state index in [1.54, 1.807) is 24.3 Å². The number of para-hydroxylation sites is 1. The van der Waals surface area contributed by atoms with Crippen molar-refractivity contribution in [2.45, 2.75) is 18.9 Å². The third kappa shape index (κ3) is 3.72. The number of aromatic nitrogens is 2. The maximum atomic E-state index is 12.2. The Labute approximate surface area is 169 Å². The Hall–Kier alpha value is -2.90. The lowest BCUT2D eigenvalue weighted by Crippen LogP contribution is -2.17. The lowest BCUT2D eigenvalue weighted by atomic mass is 9.97. The molecule has 0 fully saturated rings. The van der Waals surface area contributed by atoms with Gasteiger partial charge in [0, 0.05) is 10.7 Å². The van der Waals surface area contributed by atoms with Crippen LogP contribution in [0.1, 0.15) is 23.8 Å².